The van der Waals surface area contributed by atoms with Crippen molar-refractivity contribution in [1.29, 1.82) is 0 Å². The Morgan fingerprint density at radius 3 is 2.88 bits per heavy atom. The summed E-state index contributed by atoms with van der Waals surface area (Å²) in [5, 5.41) is 13.9. The van der Waals surface area contributed by atoms with Crippen LogP contribution < -0.4 is 5.73 Å². The number of anilines is 1. The number of rotatable bonds is 4. The van der Waals surface area contributed by atoms with Crippen molar-refractivity contribution in [2.45, 2.75) is 31.9 Å². The van der Waals surface area contributed by atoms with Gasteiger partial charge in [0, 0.05) is 6.20 Å². The topological polar surface area (TPSA) is 84.4 Å². The number of hydrogen-bond donors (Lipinski definition) is 2. The number of aliphatic hydroxyl groups is 1. The lowest BCUT2D eigenvalue weighted by atomic mass is 9.89. The van der Waals surface area contributed by atoms with Crippen LogP contribution >= 0.6 is 0 Å². The number of likely N-dealkylation sites (tertiary alicyclic amines) is 1. The number of nitrogens with zero attached hydrogens (tertiary/aromatic N) is 3. The van der Waals surface area contributed by atoms with Crippen molar-refractivity contribution in [1.82, 2.24) is 14.7 Å². The van der Waals surface area contributed by atoms with Crippen LogP contribution in [0.15, 0.2) is 12.3 Å². The maximum Gasteiger partial charge on any atom is 0.244 e. The second-order valence-electron chi connectivity index (χ2n) is 4.66. The van der Waals surface area contributed by atoms with E-state index in [0.717, 1.165) is 12.8 Å². The fourth-order valence-electron chi connectivity index (χ4n) is 2.17. The highest BCUT2D eigenvalue weighted by atomic mass is 16.3. The van der Waals surface area contributed by atoms with Gasteiger partial charge in [-0.1, -0.05) is 13.3 Å². The van der Waals surface area contributed by atoms with E-state index < -0.39 is 5.60 Å². The molecule has 1 amide bonds. The first kappa shape index (κ1) is 11.9. The van der Waals surface area contributed by atoms with Crippen LogP contribution in [0.25, 0.3) is 0 Å². The molecule has 6 heteroatoms. The molecule has 0 unspecified atom stereocenters. The third kappa shape index (κ3) is 2.58. The molecule has 1 aliphatic rings. The molecule has 0 atom stereocenters. The van der Waals surface area contributed by atoms with Crippen LogP contribution in [-0.4, -0.2) is 44.4 Å². The molecule has 0 bridgehead atoms. The molecule has 0 spiro atoms. The second-order valence-corrected chi connectivity index (χ2v) is 4.66. The highest BCUT2D eigenvalue weighted by molar-refractivity contribution is 5.77. The van der Waals surface area contributed by atoms with Gasteiger partial charge in [0.25, 0.3) is 0 Å². The number of nitrogens with two attached hydrogens (primary N) is 1. The van der Waals surface area contributed by atoms with Gasteiger partial charge >= 0.3 is 0 Å². The third-order valence-electron chi connectivity index (χ3n) is 3.00. The van der Waals surface area contributed by atoms with Gasteiger partial charge in [-0.05, 0) is 12.5 Å². The summed E-state index contributed by atoms with van der Waals surface area (Å²) in [6, 6.07) is 1.65. The van der Waals surface area contributed by atoms with Crippen molar-refractivity contribution in [3.8, 4) is 0 Å². The van der Waals surface area contributed by atoms with Crippen LogP contribution in [0.2, 0.25) is 0 Å². The molecule has 2 rings (SSSR count). The summed E-state index contributed by atoms with van der Waals surface area (Å²) in [5.74, 6) is 0.373. The minimum atomic E-state index is -0.673. The van der Waals surface area contributed by atoms with Crippen LogP contribution in [0.3, 0.4) is 0 Å². The molecule has 2 heterocycles. The Morgan fingerprint density at radius 2 is 2.35 bits per heavy atom. The maximum absolute atomic E-state index is 11.8. The normalized spacial score (nSPS) is 17.9. The smallest absolute Gasteiger partial charge is 0.244 e. The molecular weight excluding hydrogens is 220 g/mol. The first-order valence-electron chi connectivity index (χ1n) is 5.81. The predicted octanol–water partition coefficient (Wildman–Crippen LogP) is -0.161. The summed E-state index contributed by atoms with van der Waals surface area (Å²) in [6.45, 7) is 3.06. The van der Waals surface area contributed by atoms with Gasteiger partial charge in [-0.25, -0.2) is 0 Å². The van der Waals surface area contributed by atoms with Crippen molar-refractivity contribution < 1.29 is 9.90 Å². The Balaban J connectivity index is 1.83. The fourth-order valence-corrected chi connectivity index (χ4v) is 2.17. The molecular formula is C11H18N4O2. The summed E-state index contributed by atoms with van der Waals surface area (Å²) >= 11 is 0. The molecule has 1 aromatic rings. The van der Waals surface area contributed by atoms with Gasteiger partial charge in [0.15, 0.2) is 0 Å². The van der Waals surface area contributed by atoms with Crippen molar-refractivity contribution in [2.24, 2.45) is 0 Å². The lowest BCUT2D eigenvalue weighted by molar-refractivity contribution is -0.157. The van der Waals surface area contributed by atoms with E-state index in [1.807, 2.05) is 6.92 Å². The van der Waals surface area contributed by atoms with Crippen molar-refractivity contribution in [2.75, 3.05) is 18.8 Å². The number of amides is 1. The summed E-state index contributed by atoms with van der Waals surface area (Å²) in [4.78, 5) is 13.5. The van der Waals surface area contributed by atoms with Crippen LogP contribution in [0.1, 0.15) is 19.8 Å². The second kappa shape index (κ2) is 4.37. The highest BCUT2D eigenvalue weighted by Gasteiger charge is 2.42. The Labute approximate surface area is 100 Å². The quantitative estimate of drug-likeness (QED) is 0.763. The number of carbonyl (C=O) groups is 1. The number of aromatic nitrogens is 2. The molecule has 1 aliphatic heterocycles. The Kier molecular flexibility index (Phi) is 3.06. The minimum absolute atomic E-state index is 0.0334. The molecule has 1 aromatic heterocycles. The highest BCUT2D eigenvalue weighted by Crippen LogP contribution is 2.25. The summed E-state index contributed by atoms with van der Waals surface area (Å²) < 4.78 is 1.51. The van der Waals surface area contributed by atoms with Crippen LogP contribution in [0.4, 0.5) is 5.82 Å². The molecule has 1 fully saturated rings. The lowest BCUT2D eigenvalue weighted by Crippen LogP contribution is -2.63. The number of β-amino-alcohol motifs (C(OH)–C–C–N with tert-alkyl or cyclic N) is 1. The molecule has 3 N–H and O–H groups in total. The van der Waals surface area contributed by atoms with Gasteiger partial charge in [0.05, 0.1) is 18.7 Å². The Morgan fingerprint density at radius 1 is 1.65 bits per heavy atom. The number of carbonyl (C=O) groups excluding carboxylic acids is 1. The molecule has 0 radical (unpaired) electrons. The van der Waals surface area contributed by atoms with Gasteiger partial charge in [-0.15, -0.1) is 0 Å². The van der Waals surface area contributed by atoms with Gasteiger partial charge in [0.2, 0.25) is 5.91 Å². The average molecular weight is 238 g/mol. The third-order valence-corrected chi connectivity index (χ3v) is 3.00. The molecule has 1 saturated heterocycles. The zero-order valence-electron chi connectivity index (χ0n) is 9.96. The van der Waals surface area contributed by atoms with Gasteiger partial charge < -0.3 is 15.7 Å². The van der Waals surface area contributed by atoms with Crippen LogP contribution in [0.5, 0.6) is 0 Å². The zero-order valence-corrected chi connectivity index (χ0v) is 9.96. The largest absolute Gasteiger partial charge is 0.386 e. The van der Waals surface area contributed by atoms with Crippen LogP contribution in [-0.2, 0) is 11.3 Å². The summed E-state index contributed by atoms with van der Waals surface area (Å²) in [6.07, 6.45) is 3.34. The van der Waals surface area contributed by atoms with E-state index in [9.17, 15) is 9.90 Å². The van der Waals surface area contributed by atoms with E-state index >= 15 is 0 Å². The molecule has 6 nitrogen and oxygen atoms in total. The molecule has 0 aromatic carbocycles. The average Bonchev–Trinajstić information content (AvgIpc) is 2.60. The van der Waals surface area contributed by atoms with E-state index in [1.165, 1.54) is 4.68 Å². The van der Waals surface area contributed by atoms with E-state index in [1.54, 1.807) is 17.2 Å². The fraction of sp³-hybridized carbons (Fsp3) is 0.636. The van der Waals surface area contributed by atoms with Crippen molar-refractivity contribution in [3.63, 3.8) is 0 Å². The summed E-state index contributed by atoms with van der Waals surface area (Å²) in [5.41, 5.74) is 4.79. The first-order chi connectivity index (χ1) is 8.02. The van der Waals surface area contributed by atoms with E-state index in [0.29, 0.717) is 18.9 Å². The van der Waals surface area contributed by atoms with Gasteiger partial charge in [0.1, 0.15) is 12.4 Å². The lowest BCUT2D eigenvalue weighted by Gasteiger charge is -2.46. The number of nitrogen functional groups attached to an aromatic ring is 1. The molecule has 17 heavy (non-hydrogen) atoms. The Hall–Kier alpha value is -1.56. The molecule has 94 valence electrons. The predicted molar refractivity (Wildman–Crippen MR) is 63.1 cm³/mol. The zero-order chi connectivity index (χ0) is 12.5. The van der Waals surface area contributed by atoms with E-state index in [4.69, 9.17) is 5.73 Å². The Bertz CT molecular complexity index is 409. The monoisotopic (exact) mass is 238 g/mol. The van der Waals surface area contributed by atoms with E-state index in [2.05, 4.69) is 5.10 Å². The molecule has 0 saturated carbocycles. The molecule has 0 aliphatic carbocycles. The van der Waals surface area contributed by atoms with Gasteiger partial charge in [-0.3, -0.25) is 9.48 Å². The van der Waals surface area contributed by atoms with Crippen molar-refractivity contribution in [3.05, 3.63) is 12.3 Å². The standard InChI is InChI=1S/C11H18N4O2/c1-2-4-11(17)7-14(8-11)10(16)6-15-5-3-9(12)13-15/h3,5,17H,2,4,6-8H2,1H3,(H2,12,13). The van der Waals surface area contributed by atoms with Crippen LogP contribution in [0, 0.1) is 0 Å². The van der Waals surface area contributed by atoms with Crippen molar-refractivity contribution >= 4 is 11.7 Å². The SMILES string of the molecule is CCCC1(O)CN(C(=O)Cn2ccc(N)n2)C1. The minimum Gasteiger partial charge on any atom is -0.386 e. The van der Waals surface area contributed by atoms with Gasteiger partial charge in [-0.2, -0.15) is 5.10 Å². The van der Waals surface area contributed by atoms with E-state index in [-0.39, 0.29) is 12.5 Å². The summed E-state index contributed by atoms with van der Waals surface area (Å²) in [7, 11) is 0. The maximum atomic E-state index is 11.8. The number of hydrogen-bond acceptors (Lipinski definition) is 4. The first-order valence-corrected chi connectivity index (χ1v) is 5.81.